The Morgan fingerprint density at radius 3 is 2.79 bits per heavy atom. The van der Waals surface area contributed by atoms with Crippen molar-refractivity contribution in [3.05, 3.63) is 29.0 Å². The van der Waals surface area contributed by atoms with Crippen LogP contribution in [0.4, 0.5) is 0 Å². The van der Waals surface area contributed by atoms with Gasteiger partial charge in [-0.05, 0) is 45.2 Å². The number of hydrogen-bond donors (Lipinski definition) is 1. The van der Waals surface area contributed by atoms with Crippen molar-refractivity contribution >= 4 is 22.6 Å². The van der Waals surface area contributed by atoms with Gasteiger partial charge in [0.15, 0.2) is 0 Å². The summed E-state index contributed by atoms with van der Waals surface area (Å²) in [5.74, 6) is 1.13. The number of aryl methyl sites for hydroxylation is 1. The molecule has 0 amide bonds. The lowest BCUT2D eigenvalue weighted by molar-refractivity contribution is 0.465. The summed E-state index contributed by atoms with van der Waals surface area (Å²) in [4.78, 5) is 4.76. The Morgan fingerprint density at radius 1 is 1.42 bits per heavy atom. The Bertz CT molecular complexity index is 606. The normalized spacial score (nSPS) is 16.2. The van der Waals surface area contributed by atoms with Gasteiger partial charge in [0.2, 0.25) is 0 Å². The molecule has 0 spiro atoms. The van der Waals surface area contributed by atoms with Gasteiger partial charge in [0.25, 0.3) is 0 Å². The van der Waals surface area contributed by atoms with Crippen LogP contribution in [-0.4, -0.2) is 15.1 Å². The van der Waals surface area contributed by atoms with Crippen molar-refractivity contribution in [2.75, 3.05) is 0 Å². The molecule has 4 heteroatoms. The predicted octanol–water partition coefficient (Wildman–Crippen LogP) is 3.69. The monoisotopic (exact) mass is 277 g/mol. The summed E-state index contributed by atoms with van der Waals surface area (Å²) < 4.78 is 2.34. The third-order valence-electron chi connectivity index (χ3n) is 3.64. The maximum atomic E-state index is 6.35. The lowest BCUT2D eigenvalue weighted by Gasteiger charge is -2.18. The van der Waals surface area contributed by atoms with E-state index in [0.717, 1.165) is 34.7 Å². The van der Waals surface area contributed by atoms with E-state index in [9.17, 15) is 0 Å². The van der Waals surface area contributed by atoms with Gasteiger partial charge in [-0.3, -0.25) is 0 Å². The van der Waals surface area contributed by atoms with E-state index in [-0.39, 0.29) is 5.54 Å². The smallest absolute Gasteiger partial charge is 0.110 e. The van der Waals surface area contributed by atoms with Crippen LogP contribution in [0.2, 0.25) is 5.02 Å². The molecule has 0 aliphatic heterocycles. The van der Waals surface area contributed by atoms with Gasteiger partial charge in [-0.25, -0.2) is 4.98 Å². The van der Waals surface area contributed by atoms with E-state index in [1.54, 1.807) is 0 Å². The maximum Gasteiger partial charge on any atom is 0.110 e. The molecule has 2 aromatic rings. The highest BCUT2D eigenvalue weighted by molar-refractivity contribution is 6.35. The number of para-hydroxylation sites is 1. The molecular weight excluding hydrogens is 258 g/mol. The van der Waals surface area contributed by atoms with Crippen LogP contribution in [0.5, 0.6) is 0 Å². The molecule has 0 unspecified atom stereocenters. The molecule has 1 aliphatic carbocycles. The lowest BCUT2D eigenvalue weighted by Crippen LogP contribution is -2.32. The summed E-state index contributed by atoms with van der Waals surface area (Å²) in [6.07, 6.45) is 4.30. The van der Waals surface area contributed by atoms with E-state index in [4.69, 9.17) is 22.3 Å². The molecule has 3 nitrogen and oxygen atoms in total. The van der Waals surface area contributed by atoms with Crippen molar-refractivity contribution in [1.82, 2.24) is 9.55 Å². The molecule has 1 heterocycles. The van der Waals surface area contributed by atoms with Gasteiger partial charge in [-0.15, -0.1) is 0 Å². The first-order chi connectivity index (χ1) is 8.96. The van der Waals surface area contributed by atoms with E-state index < -0.39 is 0 Å². The van der Waals surface area contributed by atoms with E-state index in [2.05, 4.69) is 18.4 Å². The highest BCUT2D eigenvalue weighted by atomic mass is 35.5. The number of nitrogens with two attached hydrogens (primary N) is 1. The quantitative estimate of drug-likeness (QED) is 0.926. The van der Waals surface area contributed by atoms with Crippen LogP contribution in [0.25, 0.3) is 11.0 Å². The van der Waals surface area contributed by atoms with Gasteiger partial charge in [0.05, 0.1) is 16.1 Å². The molecule has 1 fully saturated rings. The SMILES string of the molecule is CC(C)(N)CCc1nc2cccc(Cl)c2n1C1CC1. The molecular formula is C15H20ClN3. The van der Waals surface area contributed by atoms with Crippen LogP contribution in [0, 0.1) is 0 Å². The Labute approximate surface area is 118 Å². The number of imidazole rings is 1. The zero-order chi connectivity index (χ0) is 13.6. The summed E-state index contributed by atoms with van der Waals surface area (Å²) in [5.41, 5.74) is 8.03. The van der Waals surface area contributed by atoms with E-state index in [1.807, 2.05) is 18.2 Å². The van der Waals surface area contributed by atoms with Crippen LogP contribution in [-0.2, 0) is 6.42 Å². The fraction of sp³-hybridized carbons (Fsp3) is 0.533. The number of halogens is 1. The molecule has 102 valence electrons. The zero-order valence-corrected chi connectivity index (χ0v) is 12.2. The second-order valence-electron chi connectivity index (χ2n) is 6.23. The Morgan fingerprint density at radius 2 is 2.16 bits per heavy atom. The first-order valence-corrected chi connectivity index (χ1v) is 7.28. The number of hydrogen-bond acceptors (Lipinski definition) is 2. The third-order valence-corrected chi connectivity index (χ3v) is 3.94. The molecule has 0 bridgehead atoms. The molecule has 1 aromatic heterocycles. The molecule has 3 rings (SSSR count). The number of rotatable bonds is 4. The largest absolute Gasteiger partial charge is 0.326 e. The predicted molar refractivity (Wildman–Crippen MR) is 79.6 cm³/mol. The van der Waals surface area contributed by atoms with Crippen LogP contribution in [0.15, 0.2) is 18.2 Å². The number of fused-ring (bicyclic) bond motifs is 1. The molecule has 0 atom stereocenters. The molecule has 19 heavy (non-hydrogen) atoms. The Hall–Kier alpha value is -1.06. The summed E-state index contributed by atoms with van der Waals surface area (Å²) in [6.45, 7) is 4.12. The van der Waals surface area contributed by atoms with E-state index >= 15 is 0 Å². The van der Waals surface area contributed by atoms with Crippen LogP contribution in [0.3, 0.4) is 0 Å². The second kappa shape index (κ2) is 4.50. The average molecular weight is 278 g/mol. The lowest BCUT2D eigenvalue weighted by atomic mass is 10.00. The molecule has 1 aromatic carbocycles. The summed E-state index contributed by atoms with van der Waals surface area (Å²) >= 11 is 6.35. The van der Waals surface area contributed by atoms with Crippen molar-refractivity contribution in [2.45, 2.75) is 51.1 Å². The van der Waals surface area contributed by atoms with Crippen molar-refractivity contribution in [2.24, 2.45) is 5.73 Å². The fourth-order valence-corrected chi connectivity index (χ4v) is 2.75. The molecule has 0 saturated heterocycles. The summed E-state index contributed by atoms with van der Waals surface area (Å²) in [7, 11) is 0. The van der Waals surface area contributed by atoms with Crippen molar-refractivity contribution in [3.63, 3.8) is 0 Å². The van der Waals surface area contributed by atoms with Crippen molar-refractivity contribution in [3.8, 4) is 0 Å². The van der Waals surface area contributed by atoms with E-state index in [1.165, 1.54) is 12.8 Å². The summed E-state index contributed by atoms with van der Waals surface area (Å²) in [6, 6.07) is 6.53. The highest BCUT2D eigenvalue weighted by Crippen LogP contribution is 2.40. The molecule has 1 saturated carbocycles. The zero-order valence-electron chi connectivity index (χ0n) is 11.5. The molecule has 2 N–H and O–H groups in total. The van der Waals surface area contributed by atoms with Gasteiger partial charge >= 0.3 is 0 Å². The first-order valence-electron chi connectivity index (χ1n) is 6.90. The van der Waals surface area contributed by atoms with Crippen LogP contribution < -0.4 is 5.73 Å². The van der Waals surface area contributed by atoms with Gasteiger partial charge in [-0.1, -0.05) is 17.7 Å². The highest BCUT2D eigenvalue weighted by Gasteiger charge is 2.29. The molecule has 1 aliphatic rings. The molecule has 0 radical (unpaired) electrons. The standard InChI is InChI=1S/C15H20ClN3/c1-15(2,17)9-8-13-18-12-5-3-4-11(16)14(12)19(13)10-6-7-10/h3-5,10H,6-9,17H2,1-2H3. The topological polar surface area (TPSA) is 43.8 Å². The fourth-order valence-electron chi connectivity index (χ4n) is 2.49. The van der Waals surface area contributed by atoms with Gasteiger partial charge in [0.1, 0.15) is 5.82 Å². The second-order valence-corrected chi connectivity index (χ2v) is 6.63. The van der Waals surface area contributed by atoms with Crippen molar-refractivity contribution in [1.29, 1.82) is 0 Å². The Kier molecular flexibility index (Phi) is 3.06. The van der Waals surface area contributed by atoms with Gasteiger partial charge in [-0.2, -0.15) is 0 Å². The van der Waals surface area contributed by atoms with Crippen molar-refractivity contribution < 1.29 is 0 Å². The minimum absolute atomic E-state index is 0.156. The van der Waals surface area contributed by atoms with Crippen LogP contribution >= 0.6 is 11.6 Å². The first kappa shape index (κ1) is 12.9. The number of benzene rings is 1. The average Bonchev–Trinajstić information content (AvgIpc) is 3.07. The minimum atomic E-state index is -0.156. The minimum Gasteiger partial charge on any atom is -0.326 e. The summed E-state index contributed by atoms with van der Waals surface area (Å²) in [5, 5.41) is 0.801. The third kappa shape index (κ3) is 2.63. The maximum absolute atomic E-state index is 6.35. The Balaban J connectivity index is 2.03. The number of aromatic nitrogens is 2. The van der Waals surface area contributed by atoms with Gasteiger partial charge < -0.3 is 10.3 Å². The van der Waals surface area contributed by atoms with Crippen LogP contribution in [0.1, 0.15) is 45.0 Å². The number of nitrogens with zero attached hydrogens (tertiary/aromatic N) is 2. The van der Waals surface area contributed by atoms with E-state index in [0.29, 0.717) is 6.04 Å². The van der Waals surface area contributed by atoms with Gasteiger partial charge in [0, 0.05) is 18.0 Å².